The standard InChI is InChI=1S/C9H20N2O4S/c1-2-4-11-9(12)8-16(13,14)7-6-15-5-3-10/h2-8,10H2,1H3,(H,11,12). The second-order valence-corrected chi connectivity index (χ2v) is 5.53. The van der Waals surface area contributed by atoms with Crippen LogP contribution in [-0.4, -0.2) is 52.1 Å². The molecular weight excluding hydrogens is 232 g/mol. The Bertz CT molecular complexity index is 290. The Morgan fingerprint density at radius 1 is 1.38 bits per heavy atom. The summed E-state index contributed by atoms with van der Waals surface area (Å²) in [6.07, 6.45) is 0.783. The summed E-state index contributed by atoms with van der Waals surface area (Å²) in [5.74, 6) is -1.08. The van der Waals surface area contributed by atoms with E-state index in [4.69, 9.17) is 10.5 Å². The molecule has 7 heteroatoms. The number of hydrogen-bond acceptors (Lipinski definition) is 5. The van der Waals surface area contributed by atoms with Gasteiger partial charge in [0.2, 0.25) is 5.91 Å². The Hall–Kier alpha value is -0.660. The van der Waals surface area contributed by atoms with Crippen molar-refractivity contribution in [3.63, 3.8) is 0 Å². The minimum absolute atomic E-state index is 0.0839. The highest BCUT2D eigenvalue weighted by atomic mass is 32.2. The van der Waals surface area contributed by atoms with Crippen molar-refractivity contribution in [2.75, 3.05) is 37.8 Å². The van der Waals surface area contributed by atoms with Gasteiger partial charge in [0.05, 0.1) is 19.0 Å². The van der Waals surface area contributed by atoms with Gasteiger partial charge in [0.1, 0.15) is 5.75 Å². The van der Waals surface area contributed by atoms with E-state index < -0.39 is 21.5 Å². The predicted molar refractivity (Wildman–Crippen MR) is 61.8 cm³/mol. The lowest BCUT2D eigenvalue weighted by atomic mass is 10.5. The van der Waals surface area contributed by atoms with Crippen molar-refractivity contribution >= 4 is 15.7 Å². The quantitative estimate of drug-likeness (QED) is 0.508. The molecule has 0 unspecified atom stereocenters. The van der Waals surface area contributed by atoms with Gasteiger partial charge in [-0.05, 0) is 6.42 Å². The van der Waals surface area contributed by atoms with Crippen LogP contribution in [0.15, 0.2) is 0 Å². The molecule has 6 nitrogen and oxygen atoms in total. The summed E-state index contributed by atoms with van der Waals surface area (Å²) in [5, 5.41) is 2.51. The van der Waals surface area contributed by atoms with E-state index in [1.165, 1.54) is 0 Å². The molecule has 0 saturated carbocycles. The van der Waals surface area contributed by atoms with Crippen LogP contribution in [0.5, 0.6) is 0 Å². The number of sulfone groups is 1. The van der Waals surface area contributed by atoms with Gasteiger partial charge in [-0.1, -0.05) is 6.92 Å². The zero-order valence-corrected chi connectivity index (χ0v) is 10.4. The summed E-state index contributed by atoms with van der Waals surface area (Å²) in [6, 6.07) is 0. The summed E-state index contributed by atoms with van der Waals surface area (Å²) in [6.45, 7) is 3.17. The number of hydrogen-bond donors (Lipinski definition) is 2. The van der Waals surface area contributed by atoms with Crippen molar-refractivity contribution in [3.05, 3.63) is 0 Å². The molecule has 0 fully saturated rings. The highest BCUT2D eigenvalue weighted by molar-refractivity contribution is 7.92. The maximum atomic E-state index is 11.4. The molecule has 0 aliphatic rings. The smallest absolute Gasteiger partial charge is 0.235 e. The van der Waals surface area contributed by atoms with Crippen LogP contribution >= 0.6 is 0 Å². The zero-order chi connectivity index (χ0) is 12.4. The van der Waals surface area contributed by atoms with Crippen molar-refractivity contribution < 1.29 is 17.9 Å². The molecule has 3 N–H and O–H groups in total. The number of amides is 1. The molecule has 0 atom stereocenters. The van der Waals surface area contributed by atoms with Crippen molar-refractivity contribution in [3.8, 4) is 0 Å². The minimum Gasteiger partial charge on any atom is -0.379 e. The Morgan fingerprint density at radius 3 is 2.62 bits per heavy atom. The summed E-state index contributed by atoms with van der Waals surface area (Å²) < 4.78 is 27.7. The van der Waals surface area contributed by atoms with Crippen LogP contribution in [-0.2, 0) is 19.4 Å². The van der Waals surface area contributed by atoms with Crippen LogP contribution in [0.3, 0.4) is 0 Å². The Morgan fingerprint density at radius 2 is 2.06 bits per heavy atom. The first kappa shape index (κ1) is 15.3. The molecule has 0 heterocycles. The fourth-order valence-electron chi connectivity index (χ4n) is 0.959. The van der Waals surface area contributed by atoms with Gasteiger partial charge in [0.25, 0.3) is 0 Å². The third-order valence-corrected chi connectivity index (χ3v) is 3.21. The van der Waals surface area contributed by atoms with Crippen LogP contribution in [0.1, 0.15) is 13.3 Å². The fourth-order valence-corrected chi connectivity index (χ4v) is 1.98. The lowest BCUT2D eigenvalue weighted by Crippen LogP contribution is -2.32. The van der Waals surface area contributed by atoms with E-state index in [0.29, 0.717) is 19.7 Å². The topological polar surface area (TPSA) is 98.5 Å². The van der Waals surface area contributed by atoms with Crippen LogP contribution in [0.25, 0.3) is 0 Å². The Kier molecular flexibility index (Phi) is 8.14. The molecule has 96 valence electrons. The molecular formula is C9H20N2O4S. The molecule has 16 heavy (non-hydrogen) atoms. The van der Waals surface area contributed by atoms with E-state index in [-0.39, 0.29) is 12.4 Å². The molecule has 0 aliphatic carbocycles. The van der Waals surface area contributed by atoms with Crippen molar-refractivity contribution in [2.45, 2.75) is 13.3 Å². The number of carbonyl (C=O) groups is 1. The maximum Gasteiger partial charge on any atom is 0.235 e. The first-order valence-corrected chi connectivity index (χ1v) is 7.09. The first-order chi connectivity index (χ1) is 7.52. The van der Waals surface area contributed by atoms with Crippen molar-refractivity contribution in [2.24, 2.45) is 5.73 Å². The summed E-state index contributed by atoms with van der Waals surface area (Å²) >= 11 is 0. The normalized spacial score (nSPS) is 11.4. The molecule has 0 saturated heterocycles. The minimum atomic E-state index is -3.37. The van der Waals surface area contributed by atoms with Crippen LogP contribution < -0.4 is 11.1 Å². The highest BCUT2D eigenvalue weighted by Gasteiger charge is 2.15. The SMILES string of the molecule is CCCNC(=O)CS(=O)(=O)CCOCCN. The summed E-state index contributed by atoms with van der Waals surface area (Å²) in [7, 11) is -3.37. The van der Waals surface area contributed by atoms with Gasteiger partial charge in [-0.15, -0.1) is 0 Å². The number of nitrogens with one attached hydrogen (secondary N) is 1. The number of rotatable bonds is 9. The molecule has 0 aromatic rings. The molecule has 1 amide bonds. The second kappa shape index (κ2) is 8.49. The molecule has 0 radical (unpaired) electrons. The number of nitrogens with two attached hydrogens (primary N) is 1. The van der Waals surface area contributed by atoms with E-state index in [9.17, 15) is 13.2 Å². The van der Waals surface area contributed by atoms with E-state index in [2.05, 4.69) is 5.32 Å². The molecule has 0 bridgehead atoms. The van der Waals surface area contributed by atoms with E-state index in [1.54, 1.807) is 0 Å². The third kappa shape index (κ3) is 8.63. The number of carbonyl (C=O) groups excluding carboxylic acids is 1. The molecule has 0 aromatic carbocycles. The first-order valence-electron chi connectivity index (χ1n) is 5.26. The zero-order valence-electron chi connectivity index (χ0n) is 9.57. The lowest BCUT2D eigenvalue weighted by molar-refractivity contribution is -0.118. The largest absolute Gasteiger partial charge is 0.379 e. The average molecular weight is 252 g/mol. The predicted octanol–water partition coefficient (Wildman–Crippen LogP) is -1.10. The monoisotopic (exact) mass is 252 g/mol. The third-order valence-electron chi connectivity index (χ3n) is 1.72. The summed E-state index contributed by atoms with van der Waals surface area (Å²) in [5.41, 5.74) is 5.18. The Labute approximate surface area is 96.4 Å². The molecule has 0 aromatic heterocycles. The van der Waals surface area contributed by atoms with E-state index in [0.717, 1.165) is 6.42 Å². The van der Waals surface area contributed by atoms with Crippen LogP contribution in [0, 0.1) is 0 Å². The fraction of sp³-hybridized carbons (Fsp3) is 0.889. The van der Waals surface area contributed by atoms with Crippen LogP contribution in [0.4, 0.5) is 0 Å². The van der Waals surface area contributed by atoms with Gasteiger partial charge < -0.3 is 15.8 Å². The Balaban J connectivity index is 3.81. The van der Waals surface area contributed by atoms with E-state index in [1.807, 2.05) is 6.92 Å². The molecule has 0 spiro atoms. The van der Waals surface area contributed by atoms with Gasteiger partial charge in [-0.25, -0.2) is 8.42 Å². The van der Waals surface area contributed by atoms with Gasteiger partial charge in [0.15, 0.2) is 9.84 Å². The van der Waals surface area contributed by atoms with Crippen LogP contribution in [0.2, 0.25) is 0 Å². The van der Waals surface area contributed by atoms with Gasteiger partial charge >= 0.3 is 0 Å². The second-order valence-electron chi connectivity index (χ2n) is 3.34. The number of ether oxygens (including phenoxy) is 1. The summed E-state index contributed by atoms with van der Waals surface area (Å²) in [4.78, 5) is 11.2. The molecule has 0 rings (SSSR count). The van der Waals surface area contributed by atoms with E-state index >= 15 is 0 Å². The average Bonchev–Trinajstić information content (AvgIpc) is 2.21. The van der Waals surface area contributed by atoms with Crippen molar-refractivity contribution in [1.29, 1.82) is 0 Å². The lowest BCUT2D eigenvalue weighted by Gasteiger charge is -2.05. The maximum absolute atomic E-state index is 11.4. The van der Waals surface area contributed by atoms with Gasteiger partial charge in [-0.3, -0.25) is 4.79 Å². The van der Waals surface area contributed by atoms with Crippen molar-refractivity contribution in [1.82, 2.24) is 5.32 Å². The molecule has 0 aliphatic heterocycles. The van der Waals surface area contributed by atoms with Gasteiger partial charge in [-0.2, -0.15) is 0 Å². The highest BCUT2D eigenvalue weighted by Crippen LogP contribution is 1.91. The van der Waals surface area contributed by atoms with Gasteiger partial charge in [0, 0.05) is 13.1 Å².